The van der Waals surface area contributed by atoms with Crippen molar-refractivity contribution < 1.29 is 13.2 Å². The van der Waals surface area contributed by atoms with E-state index in [0.717, 1.165) is 32.4 Å². The van der Waals surface area contributed by atoms with Gasteiger partial charge in [0.1, 0.15) is 0 Å². The van der Waals surface area contributed by atoms with Crippen LogP contribution in [-0.2, 0) is 14.6 Å². The number of hydrogen-bond acceptors (Lipinski definition) is 4. The van der Waals surface area contributed by atoms with E-state index in [4.69, 9.17) is 4.74 Å². The van der Waals surface area contributed by atoms with Crippen LogP contribution in [0.15, 0.2) is 0 Å². The van der Waals surface area contributed by atoms with Crippen LogP contribution in [0.5, 0.6) is 0 Å². The Bertz CT molecular complexity index is 369. The molecule has 0 saturated carbocycles. The molecule has 1 aliphatic rings. The molecule has 1 N–H and O–H groups in total. The zero-order valence-corrected chi connectivity index (χ0v) is 14.1. The van der Waals surface area contributed by atoms with Gasteiger partial charge in [0.15, 0.2) is 9.84 Å². The molecule has 0 aromatic heterocycles. The summed E-state index contributed by atoms with van der Waals surface area (Å²) in [5.74, 6) is 1.08. The molecule has 120 valence electrons. The van der Waals surface area contributed by atoms with E-state index in [-0.39, 0.29) is 5.41 Å². The van der Waals surface area contributed by atoms with Crippen LogP contribution in [0.2, 0.25) is 0 Å². The highest BCUT2D eigenvalue weighted by Crippen LogP contribution is 2.42. The van der Waals surface area contributed by atoms with Gasteiger partial charge >= 0.3 is 0 Å². The van der Waals surface area contributed by atoms with Crippen LogP contribution in [0.1, 0.15) is 46.0 Å². The lowest BCUT2D eigenvalue weighted by Crippen LogP contribution is -2.41. The summed E-state index contributed by atoms with van der Waals surface area (Å²) >= 11 is 0. The average molecular weight is 305 g/mol. The first kappa shape index (κ1) is 17.9. The molecule has 0 radical (unpaired) electrons. The van der Waals surface area contributed by atoms with Crippen molar-refractivity contribution in [2.45, 2.75) is 46.0 Å². The van der Waals surface area contributed by atoms with E-state index in [1.165, 1.54) is 12.8 Å². The van der Waals surface area contributed by atoms with E-state index < -0.39 is 9.84 Å². The maximum absolute atomic E-state index is 11.8. The van der Waals surface area contributed by atoms with Crippen molar-refractivity contribution in [2.24, 2.45) is 11.3 Å². The third kappa shape index (κ3) is 5.01. The molecular formula is C15H31NO3S. The van der Waals surface area contributed by atoms with E-state index in [0.29, 0.717) is 24.0 Å². The van der Waals surface area contributed by atoms with Gasteiger partial charge in [0, 0.05) is 20.2 Å². The Hall–Kier alpha value is -0.130. The van der Waals surface area contributed by atoms with Crippen molar-refractivity contribution in [2.75, 3.05) is 38.3 Å². The number of unbranched alkanes of at least 4 members (excludes halogenated alkanes) is 1. The molecule has 2 atom stereocenters. The Morgan fingerprint density at radius 3 is 2.60 bits per heavy atom. The predicted octanol–water partition coefficient (Wildman–Crippen LogP) is 2.24. The maximum Gasteiger partial charge on any atom is 0.150 e. The summed E-state index contributed by atoms with van der Waals surface area (Å²) < 4.78 is 28.7. The van der Waals surface area contributed by atoms with Crippen LogP contribution in [0.25, 0.3) is 0 Å². The predicted molar refractivity (Wildman–Crippen MR) is 83.8 cm³/mol. The number of ether oxygens (including phenoxy) is 1. The molecule has 2 unspecified atom stereocenters. The molecule has 0 amide bonds. The summed E-state index contributed by atoms with van der Waals surface area (Å²) in [6.45, 7) is 6.86. The Balaban J connectivity index is 2.71. The fourth-order valence-electron chi connectivity index (χ4n) is 3.35. The van der Waals surface area contributed by atoms with Gasteiger partial charge in [-0.25, -0.2) is 8.42 Å². The molecule has 0 aliphatic carbocycles. The number of sulfone groups is 1. The SMILES string of the molecule is CCCCC(CC)(CNCCOC)C1CCS(=O)(=O)C1. The summed E-state index contributed by atoms with van der Waals surface area (Å²) in [4.78, 5) is 0. The lowest BCUT2D eigenvalue weighted by atomic mass is 9.69. The van der Waals surface area contributed by atoms with Crippen molar-refractivity contribution in [3.8, 4) is 0 Å². The molecule has 0 spiro atoms. The largest absolute Gasteiger partial charge is 0.383 e. The van der Waals surface area contributed by atoms with Crippen LogP contribution < -0.4 is 5.32 Å². The second kappa shape index (κ2) is 8.35. The standard InChI is InChI=1S/C15H31NO3S/c1-4-6-8-15(5-2,13-16-9-10-19-3)14-7-11-20(17,18)12-14/h14,16H,4-13H2,1-3H3. The van der Waals surface area contributed by atoms with Gasteiger partial charge in [-0.05, 0) is 30.6 Å². The fourth-order valence-corrected chi connectivity index (χ4v) is 5.29. The average Bonchev–Trinajstić information content (AvgIpc) is 2.79. The highest BCUT2D eigenvalue weighted by molar-refractivity contribution is 7.91. The van der Waals surface area contributed by atoms with E-state index in [9.17, 15) is 8.42 Å². The lowest BCUT2D eigenvalue weighted by Gasteiger charge is -2.38. The third-order valence-corrected chi connectivity index (χ3v) is 6.56. The van der Waals surface area contributed by atoms with Crippen molar-refractivity contribution in [1.29, 1.82) is 0 Å². The van der Waals surface area contributed by atoms with Gasteiger partial charge in [0.2, 0.25) is 0 Å². The molecule has 1 fully saturated rings. The van der Waals surface area contributed by atoms with Gasteiger partial charge in [0.25, 0.3) is 0 Å². The molecule has 20 heavy (non-hydrogen) atoms. The lowest BCUT2D eigenvalue weighted by molar-refractivity contribution is 0.134. The van der Waals surface area contributed by atoms with Gasteiger partial charge < -0.3 is 10.1 Å². The second-order valence-electron chi connectivity index (χ2n) is 6.09. The summed E-state index contributed by atoms with van der Waals surface area (Å²) in [6.07, 6.45) is 5.36. The van der Waals surface area contributed by atoms with Gasteiger partial charge in [0.05, 0.1) is 18.1 Å². The molecule has 1 saturated heterocycles. The van der Waals surface area contributed by atoms with Gasteiger partial charge in [-0.1, -0.05) is 26.7 Å². The number of methoxy groups -OCH3 is 1. The maximum atomic E-state index is 11.8. The van der Waals surface area contributed by atoms with Crippen molar-refractivity contribution in [1.82, 2.24) is 5.32 Å². The van der Waals surface area contributed by atoms with Crippen LogP contribution in [0, 0.1) is 11.3 Å². The Labute approximate surface area is 124 Å². The fraction of sp³-hybridized carbons (Fsp3) is 1.00. The summed E-state index contributed by atoms with van der Waals surface area (Å²) in [6, 6.07) is 0. The van der Waals surface area contributed by atoms with Crippen LogP contribution >= 0.6 is 0 Å². The quantitative estimate of drug-likeness (QED) is 0.629. The smallest absolute Gasteiger partial charge is 0.150 e. The van der Waals surface area contributed by atoms with E-state index in [1.807, 2.05) is 0 Å². The monoisotopic (exact) mass is 305 g/mol. The molecule has 5 heteroatoms. The summed E-state index contributed by atoms with van der Waals surface area (Å²) in [5.41, 5.74) is 0.132. The third-order valence-electron chi connectivity index (χ3n) is 4.79. The zero-order valence-electron chi connectivity index (χ0n) is 13.3. The molecule has 0 aromatic carbocycles. The Morgan fingerprint density at radius 2 is 2.10 bits per heavy atom. The van der Waals surface area contributed by atoms with Crippen LogP contribution in [0.3, 0.4) is 0 Å². The molecule has 1 heterocycles. The van der Waals surface area contributed by atoms with Gasteiger partial charge in [-0.3, -0.25) is 0 Å². The van der Waals surface area contributed by atoms with Gasteiger partial charge in [-0.2, -0.15) is 0 Å². The first-order valence-electron chi connectivity index (χ1n) is 7.89. The Morgan fingerprint density at radius 1 is 1.35 bits per heavy atom. The van der Waals surface area contributed by atoms with E-state index in [1.54, 1.807) is 7.11 Å². The molecule has 1 aliphatic heterocycles. The number of nitrogens with one attached hydrogen (secondary N) is 1. The number of hydrogen-bond donors (Lipinski definition) is 1. The summed E-state index contributed by atoms with van der Waals surface area (Å²) in [5, 5.41) is 3.47. The van der Waals surface area contributed by atoms with E-state index >= 15 is 0 Å². The molecule has 4 nitrogen and oxygen atoms in total. The minimum Gasteiger partial charge on any atom is -0.383 e. The normalized spacial score (nSPS) is 24.6. The van der Waals surface area contributed by atoms with E-state index in [2.05, 4.69) is 19.2 Å². The first-order chi connectivity index (χ1) is 9.49. The summed E-state index contributed by atoms with van der Waals surface area (Å²) in [7, 11) is -1.10. The topological polar surface area (TPSA) is 55.4 Å². The number of rotatable bonds is 10. The first-order valence-corrected chi connectivity index (χ1v) is 9.72. The van der Waals surface area contributed by atoms with Crippen LogP contribution in [0.4, 0.5) is 0 Å². The van der Waals surface area contributed by atoms with Crippen molar-refractivity contribution in [3.05, 3.63) is 0 Å². The van der Waals surface area contributed by atoms with Crippen molar-refractivity contribution in [3.63, 3.8) is 0 Å². The Kier molecular flexibility index (Phi) is 7.48. The zero-order chi connectivity index (χ0) is 15.1. The van der Waals surface area contributed by atoms with Crippen LogP contribution in [-0.4, -0.2) is 46.7 Å². The van der Waals surface area contributed by atoms with Crippen molar-refractivity contribution >= 4 is 9.84 Å². The minimum absolute atomic E-state index is 0.132. The second-order valence-corrected chi connectivity index (χ2v) is 8.32. The highest BCUT2D eigenvalue weighted by Gasteiger charge is 2.42. The molecule has 1 rings (SSSR count). The molecule has 0 aromatic rings. The molecular weight excluding hydrogens is 274 g/mol. The highest BCUT2D eigenvalue weighted by atomic mass is 32.2. The molecule has 0 bridgehead atoms. The van der Waals surface area contributed by atoms with Gasteiger partial charge in [-0.15, -0.1) is 0 Å². The minimum atomic E-state index is -2.80.